The van der Waals surface area contributed by atoms with Crippen molar-refractivity contribution in [3.8, 4) is 6.07 Å². The number of hydrogen-bond acceptors (Lipinski definition) is 3. The van der Waals surface area contributed by atoms with Gasteiger partial charge in [-0.1, -0.05) is 12.1 Å². The fourth-order valence-corrected chi connectivity index (χ4v) is 3.89. The number of nitriles is 1. The average Bonchev–Trinajstić information content (AvgIpc) is 2.36. The fraction of sp³-hybridized carbons (Fsp3) is 0.500. The third kappa shape index (κ3) is 3.10. The van der Waals surface area contributed by atoms with Crippen LogP contribution in [0.15, 0.2) is 29.2 Å². The van der Waals surface area contributed by atoms with Gasteiger partial charge in [-0.3, -0.25) is 0 Å². The third-order valence-electron chi connectivity index (χ3n) is 3.98. The second-order valence-electron chi connectivity index (χ2n) is 5.41. The zero-order chi connectivity index (χ0) is 16.6. The number of alkyl halides is 3. The number of benzene rings is 1. The summed E-state index contributed by atoms with van der Waals surface area (Å²) in [6.45, 7) is 0. The van der Waals surface area contributed by atoms with Crippen LogP contribution in [0.4, 0.5) is 13.2 Å². The van der Waals surface area contributed by atoms with Gasteiger partial charge < -0.3 is 0 Å². The molecule has 4 nitrogen and oxygen atoms in total. The highest BCUT2D eigenvalue weighted by atomic mass is 32.2. The van der Waals surface area contributed by atoms with Crippen molar-refractivity contribution in [3.63, 3.8) is 0 Å². The van der Waals surface area contributed by atoms with Gasteiger partial charge in [0.2, 0.25) is 10.0 Å². The predicted octanol–water partition coefficient (Wildman–Crippen LogP) is 2.86. The van der Waals surface area contributed by atoms with Crippen molar-refractivity contribution in [2.45, 2.75) is 42.3 Å². The molecular weight excluding hydrogens is 317 g/mol. The number of rotatable bonds is 4. The smallest absolute Gasteiger partial charge is 0.207 e. The second-order valence-corrected chi connectivity index (χ2v) is 7.37. The van der Waals surface area contributed by atoms with E-state index < -0.39 is 28.2 Å². The Balaban J connectivity index is 2.25. The van der Waals surface area contributed by atoms with Gasteiger partial charge in [0, 0.05) is 7.05 Å². The van der Waals surface area contributed by atoms with Crippen molar-refractivity contribution in [1.29, 1.82) is 5.26 Å². The molecule has 0 aromatic heterocycles. The third-order valence-corrected chi connectivity index (χ3v) is 5.92. The van der Waals surface area contributed by atoms with Gasteiger partial charge in [-0.25, -0.2) is 8.42 Å². The van der Waals surface area contributed by atoms with Crippen molar-refractivity contribution in [1.82, 2.24) is 4.31 Å². The number of hydrogen-bond donors (Lipinski definition) is 0. The van der Waals surface area contributed by atoms with Crippen LogP contribution in [-0.2, 0) is 16.4 Å². The van der Waals surface area contributed by atoms with Crippen molar-refractivity contribution in [2.75, 3.05) is 7.05 Å². The summed E-state index contributed by atoms with van der Waals surface area (Å²) in [5.41, 5.74) is -1.04. The normalized spacial score (nSPS) is 17.8. The molecule has 8 heteroatoms. The Morgan fingerprint density at radius 1 is 1.27 bits per heavy atom. The van der Waals surface area contributed by atoms with Crippen molar-refractivity contribution >= 4 is 10.0 Å². The summed E-state index contributed by atoms with van der Waals surface area (Å²) in [6.07, 6.45) is -3.74. The summed E-state index contributed by atoms with van der Waals surface area (Å²) >= 11 is 0. The molecule has 22 heavy (non-hydrogen) atoms. The molecule has 0 spiro atoms. The highest BCUT2D eigenvalue weighted by Gasteiger charge is 2.46. The molecule has 1 aliphatic carbocycles. The fourth-order valence-electron chi connectivity index (χ4n) is 2.41. The van der Waals surface area contributed by atoms with Gasteiger partial charge in [-0.05, 0) is 37.0 Å². The molecule has 1 aliphatic rings. The highest BCUT2D eigenvalue weighted by molar-refractivity contribution is 7.89. The Morgan fingerprint density at radius 2 is 1.82 bits per heavy atom. The summed E-state index contributed by atoms with van der Waals surface area (Å²) in [4.78, 5) is -0.109. The summed E-state index contributed by atoms with van der Waals surface area (Å²) in [7, 11) is -2.57. The maximum absolute atomic E-state index is 12.5. The van der Waals surface area contributed by atoms with Crippen LogP contribution in [0.3, 0.4) is 0 Å². The minimum absolute atomic E-state index is 0.00672. The van der Waals surface area contributed by atoms with Crippen LogP contribution < -0.4 is 0 Å². The number of nitrogens with zero attached hydrogens (tertiary/aromatic N) is 2. The van der Waals surface area contributed by atoms with Crippen LogP contribution in [0.2, 0.25) is 0 Å². The van der Waals surface area contributed by atoms with Crippen LogP contribution in [0, 0.1) is 11.3 Å². The molecule has 0 heterocycles. The molecule has 1 saturated carbocycles. The van der Waals surface area contributed by atoms with Crippen LogP contribution in [0.25, 0.3) is 0 Å². The average molecular weight is 332 g/mol. The SMILES string of the molecule is CN(C1(C#N)CCC1)S(=O)(=O)c1ccc(CC(F)(F)F)cc1. The van der Waals surface area contributed by atoms with Crippen LogP contribution in [0.5, 0.6) is 0 Å². The molecule has 0 atom stereocenters. The quantitative estimate of drug-likeness (QED) is 0.852. The first-order valence-electron chi connectivity index (χ1n) is 6.67. The van der Waals surface area contributed by atoms with Gasteiger partial charge >= 0.3 is 6.18 Å². The Bertz CT molecular complexity index is 686. The summed E-state index contributed by atoms with van der Waals surface area (Å²) in [6, 6.07) is 6.62. The summed E-state index contributed by atoms with van der Waals surface area (Å²) < 4.78 is 62.9. The lowest BCUT2D eigenvalue weighted by atomic mass is 9.78. The van der Waals surface area contributed by atoms with Crippen LogP contribution in [-0.4, -0.2) is 31.5 Å². The van der Waals surface area contributed by atoms with Crippen molar-refractivity contribution in [2.24, 2.45) is 0 Å². The molecule has 120 valence electrons. The molecule has 0 aliphatic heterocycles. The minimum Gasteiger partial charge on any atom is -0.207 e. The van der Waals surface area contributed by atoms with Gasteiger partial charge in [0.15, 0.2) is 0 Å². The Hall–Kier alpha value is -1.59. The van der Waals surface area contributed by atoms with E-state index in [4.69, 9.17) is 0 Å². The van der Waals surface area contributed by atoms with Crippen molar-refractivity contribution < 1.29 is 21.6 Å². The Kier molecular flexibility index (Phi) is 4.24. The molecule has 0 amide bonds. The highest BCUT2D eigenvalue weighted by Crippen LogP contribution is 2.39. The molecule has 2 rings (SSSR count). The van der Waals surface area contributed by atoms with E-state index in [2.05, 4.69) is 0 Å². The minimum atomic E-state index is -4.34. The molecular formula is C14H15F3N2O2S. The largest absolute Gasteiger partial charge is 0.393 e. The van der Waals surface area contributed by atoms with Gasteiger partial charge in [0.05, 0.1) is 17.4 Å². The van der Waals surface area contributed by atoms with E-state index in [1.165, 1.54) is 7.05 Å². The van der Waals surface area contributed by atoms with Gasteiger partial charge in [-0.15, -0.1) is 0 Å². The standard InChI is InChI=1S/C14H15F3N2O2S/c1-19(13(10-18)7-2-8-13)22(20,21)12-5-3-11(4-6-12)9-14(15,16)17/h3-6H,2,7-9H2,1H3. The van der Waals surface area contributed by atoms with E-state index in [0.717, 1.165) is 35.0 Å². The van der Waals surface area contributed by atoms with E-state index in [9.17, 15) is 26.9 Å². The van der Waals surface area contributed by atoms with Gasteiger partial charge in [0.25, 0.3) is 0 Å². The molecule has 0 N–H and O–H groups in total. The van der Waals surface area contributed by atoms with E-state index >= 15 is 0 Å². The summed E-state index contributed by atoms with van der Waals surface area (Å²) in [5, 5.41) is 9.21. The Labute approximate surface area is 127 Å². The first kappa shape index (κ1) is 16.8. The Morgan fingerprint density at radius 3 is 2.18 bits per heavy atom. The zero-order valence-corrected chi connectivity index (χ0v) is 12.7. The molecule has 1 aromatic carbocycles. The monoisotopic (exact) mass is 332 g/mol. The van der Waals surface area contributed by atoms with E-state index in [-0.39, 0.29) is 10.5 Å². The molecule has 0 unspecified atom stereocenters. The topological polar surface area (TPSA) is 61.2 Å². The van der Waals surface area contributed by atoms with E-state index in [1.54, 1.807) is 0 Å². The van der Waals surface area contributed by atoms with Gasteiger partial charge in [0.1, 0.15) is 5.54 Å². The first-order chi connectivity index (χ1) is 10.1. The van der Waals surface area contributed by atoms with E-state index in [1.807, 2.05) is 6.07 Å². The molecule has 0 saturated heterocycles. The maximum Gasteiger partial charge on any atom is 0.393 e. The van der Waals surface area contributed by atoms with Gasteiger partial charge in [-0.2, -0.15) is 22.7 Å². The molecule has 0 radical (unpaired) electrons. The second kappa shape index (κ2) is 5.56. The number of sulfonamides is 1. The lowest BCUT2D eigenvalue weighted by Crippen LogP contribution is -2.53. The van der Waals surface area contributed by atoms with E-state index in [0.29, 0.717) is 12.8 Å². The summed E-state index contributed by atoms with van der Waals surface area (Å²) in [5.74, 6) is 0. The predicted molar refractivity (Wildman–Crippen MR) is 73.3 cm³/mol. The number of halogens is 3. The molecule has 0 bridgehead atoms. The maximum atomic E-state index is 12.5. The zero-order valence-electron chi connectivity index (χ0n) is 11.9. The lowest BCUT2D eigenvalue weighted by molar-refractivity contribution is -0.127. The molecule has 1 aromatic rings. The molecule has 1 fully saturated rings. The lowest BCUT2D eigenvalue weighted by Gasteiger charge is -2.41. The first-order valence-corrected chi connectivity index (χ1v) is 8.11. The van der Waals surface area contributed by atoms with Crippen molar-refractivity contribution in [3.05, 3.63) is 29.8 Å². The van der Waals surface area contributed by atoms with Crippen LogP contribution in [0.1, 0.15) is 24.8 Å². The van der Waals surface area contributed by atoms with Crippen LogP contribution >= 0.6 is 0 Å².